The van der Waals surface area contributed by atoms with E-state index >= 15 is 0 Å². The first-order valence-electron chi connectivity index (χ1n) is 10.8. The molecule has 1 saturated heterocycles. The molecule has 0 bridgehead atoms. The molecule has 168 valence electrons. The van der Waals surface area contributed by atoms with Crippen LogP contribution >= 0.6 is 23.2 Å². The van der Waals surface area contributed by atoms with E-state index in [1.807, 2.05) is 24.3 Å². The van der Waals surface area contributed by atoms with Crippen LogP contribution in [0.4, 0.5) is 0 Å². The van der Waals surface area contributed by atoms with Gasteiger partial charge in [-0.25, -0.2) is 0 Å². The number of benzene rings is 1. The number of hydrogen-bond acceptors (Lipinski definition) is 5. The van der Waals surface area contributed by atoms with E-state index in [9.17, 15) is 4.79 Å². The molecule has 1 aliphatic carbocycles. The number of ether oxygens (including phenoxy) is 3. The number of carbonyl (C=O) groups excluding carboxylic acids is 1. The molecule has 2 atom stereocenters. The van der Waals surface area contributed by atoms with Gasteiger partial charge in [-0.3, -0.25) is 4.79 Å². The van der Waals surface area contributed by atoms with Crippen molar-refractivity contribution in [3.8, 4) is 11.5 Å². The number of halogens is 2. The van der Waals surface area contributed by atoms with Crippen molar-refractivity contribution in [1.29, 1.82) is 0 Å². The van der Waals surface area contributed by atoms with Gasteiger partial charge < -0.3 is 24.4 Å². The van der Waals surface area contributed by atoms with Gasteiger partial charge in [0, 0.05) is 24.0 Å². The van der Waals surface area contributed by atoms with Crippen molar-refractivity contribution in [2.24, 2.45) is 0 Å². The average molecular weight is 467 g/mol. The Balaban J connectivity index is 1.34. The minimum atomic E-state index is -0.240. The Morgan fingerprint density at radius 3 is 2.74 bits per heavy atom. The van der Waals surface area contributed by atoms with Gasteiger partial charge in [-0.2, -0.15) is 0 Å². The highest BCUT2D eigenvalue weighted by molar-refractivity contribution is 6.40. The van der Waals surface area contributed by atoms with Crippen molar-refractivity contribution in [3.63, 3.8) is 0 Å². The van der Waals surface area contributed by atoms with Crippen LogP contribution in [-0.4, -0.2) is 62.4 Å². The van der Waals surface area contributed by atoms with Gasteiger partial charge in [0.2, 0.25) is 5.91 Å². The van der Waals surface area contributed by atoms with Gasteiger partial charge >= 0.3 is 0 Å². The number of likely N-dealkylation sites (tertiary alicyclic amines) is 1. The molecule has 1 N–H and O–H groups in total. The topological polar surface area (TPSA) is 60.0 Å². The Morgan fingerprint density at radius 1 is 1.19 bits per heavy atom. The Morgan fingerprint density at radius 2 is 1.97 bits per heavy atom. The molecule has 0 spiro atoms. The smallest absolute Gasteiger partial charge is 0.246 e. The standard InChI is InChI=1S/C23H28Cl2N2O4/c24-19-5-4-18(13-20(19)25)31-15-23(28)26-17(14-27-7-1-2-8-27)11-16-3-6-21-22(12-16)30-10-9-29-21/h3-6,12,17-18H,1-2,7-11,13-15H2,(H,26,28). The van der Waals surface area contributed by atoms with Gasteiger partial charge in [0.15, 0.2) is 11.5 Å². The lowest BCUT2D eigenvalue weighted by atomic mass is 10.0. The molecule has 2 heterocycles. The number of nitrogens with zero attached hydrogens (tertiary/aromatic N) is 1. The molecule has 1 aromatic carbocycles. The van der Waals surface area contributed by atoms with E-state index in [0.717, 1.165) is 36.7 Å². The number of allylic oxidation sites excluding steroid dienone is 2. The molecule has 1 amide bonds. The zero-order valence-electron chi connectivity index (χ0n) is 17.4. The molecular weight excluding hydrogens is 439 g/mol. The van der Waals surface area contributed by atoms with Gasteiger partial charge in [-0.15, -0.1) is 0 Å². The zero-order valence-corrected chi connectivity index (χ0v) is 19.0. The highest BCUT2D eigenvalue weighted by atomic mass is 35.5. The lowest BCUT2D eigenvalue weighted by Crippen LogP contribution is -2.46. The average Bonchev–Trinajstić information content (AvgIpc) is 3.27. The molecule has 1 fully saturated rings. The Hall–Kier alpha value is -1.73. The van der Waals surface area contributed by atoms with Crippen LogP contribution in [0.15, 0.2) is 40.4 Å². The minimum Gasteiger partial charge on any atom is -0.486 e. The van der Waals surface area contributed by atoms with Crippen LogP contribution in [0, 0.1) is 0 Å². The molecular formula is C23H28Cl2N2O4. The Kier molecular flexibility index (Phi) is 7.77. The summed E-state index contributed by atoms with van der Waals surface area (Å²) in [7, 11) is 0. The van der Waals surface area contributed by atoms with E-state index in [1.165, 1.54) is 12.8 Å². The second-order valence-corrected chi connectivity index (χ2v) is 8.98. The summed E-state index contributed by atoms with van der Waals surface area (Å²) in [6.07, 6.45) is 6.92. The summed E-state index contributed by atoms with van der Waals surface area (Å²) >= 11 is 12.1. The van der Waals surface area contributed by atoms with E-state index in [0.29, 0.717) is 36.1 Å². The fourth-order valence-electron chi connectivity index (χ4n) is 4.13. The molecule has 0 saturated carbocycles. The molecule has 4 rings (SSSR count). The van der Waals surface area contributed by atoms with E-state index < -0.39 is 0 Å². The van der Waals surface area contributed by atoms with Gasteiger partial charge in [0.05, 0.1) is 11.1 Å². The first-order valence-corrected chi connectivity index (χ1v) is 11.6. The molecule has 0 aromatic heterocycles. The highest BCUT2D eigenvalue weighted by Gasteiger charge is 2.22. The van der Waals surface area contributed by atoms with Crippen molar-refractivity contribution >= 4 is 29.1 Å². The fourth-order valence-corrected chi connectivity index (χ4v) is 4.49. The minimum absolute atomic E-state index is 0.0171. The van der Waals surface area contributed by atoms with Crippen molar-refractivity contribution in [1.82, 2.24) is 10.2 Å². The van der Waals surface area contributed by atoms with E-state index in [-0.39, 0.29) is 24.7 Å². The Bertz CT molecular complexity index is 852. The summed E-state index contributed by atoms with van der Waals surface area (Å²) in [5.74, 6) is 1.41. The van der Waals surface area contributed by atoms with Crippen LogP contribution in [0.1, 0.15) is 24.8 Å². The quantitative estimate of drug-likeness (QED) is 0.633. The van der Waals surface area contributed by atoms with Crippen molar-refractivity contribution in [2.75, 3.05) is 39.5 Å². The third kappa shape index (κ3) is 6.39. The van der Waals surface area contributed by atoms with Gasteiger partial charge in [-0.1, -0.05) is 35.3 Å². The first kappa shape index (κ1) is 22.5. The lowest BCUT2D eigenvalue weighted by Gasteiger charge is -2.26. The van der Waals surface area contributed by atoms with Crippen molar-refractivity contribution in [3.05, 3.63) is 46.0 Å². The van der Waals surface area contributed by atoms with Crippen LogP contribution in [-0.2, 0) is 16.0 Å². The van der Waals surface area contributed by atoms with Crippen LogP contribution in [0.25, 0.3) is 0 Å². The van der Waals surface area contributed by atoms with Crippen LogP contribution in [0.5, 0.6) is 11.5 Å². The summed E-state index contributed by atoms with van der Waals surface area (Å²) in [5, 5.41) is 4.24. The third-order valence-electron chi connectivity index (χ3n) is 5.66. The predicted octanol–water partition coefficient (Wildman–Crippen LogP) is 3.62. The number of amides is 1. The number of fused-ring (bicyclic) bond motifs is 1. The van der Waals surface area contributed by atoms with Gasteiger partial charge in [0.1, 0.15) is 19.8 Å². The number of rotatable bonds is 8. The summed E-state index contributed by atoms with van der Waals surface area (Å²) in [6.45, 7) is 4.07. The summed E-state index contributed by atoms with van der Waals surface area (Å²) < 4.78 is 17.1. The SMILES string of the molecule is O=C(COC1C=CC(Cl)=C(Cl)C1)NC(Cc1ccc2c(c1)OCCO2)CN1CCCC1. The number of nitrogens with one attached hydrogen (secondary N) is 1. The maximum absolute atomic E-state index is 12.6. The normalized spacial score (nSPS) is 21.9. The second kappa shape index (κ2) is 10.7. The van der Waals surface area contributed by atoms with Crippen molar-refractivity contribution < 1.29 is 19.0 Å². The molecule has 31 heavy (non-hydrogen) atoms. The fraction of sp³-hybridized carbons (Fsp3) is 0.522. The van der Waals surface area contributed by atoms with E-state index in [1.54, 1.807) is 6.08 Å². The summed E-state index contributed by atoms with van der Waals surface area (Å²) in [6, 6.07) is 5.98. The molecule has 8 heteroatoms. The Labute approximate surface area is 193 Å². The predicted molar refractivity (Wildman–Crippen MR) is 121 cm³/mol. The molecule has 0 radical (unpaired) electrons. The van der Waals surface area contributed by atoms with E-state index in [2.05, 4.69) is 10.2 Å². The first-order chi connectivity index (χ1) is 15.1. The highest BCUT2D eigenvalue weighted by Crippen LogP contribution is 2.31. The maximum Gasteiger partial charge on any atom is 0.246 e. The lowest BCUT2D eigenvalue weighted by molar-refractivity contribution is -0.127. The van der Waals surface area contributed by atoms with E-state index in [4.69, 9.17) is 37.4 Å². The molecule has 2 aliphatic heterocycles. The number of carbonyl (C=O) groups is 1. The third-order valence-corrected chi connectivity index (χ3v) is 6.47. The maximum atomic E-state index is 12.6. The van der Waals surface area contributed by atoms with Gasteiger partial charge in [-0.05, 0) is 56.1 Å². The molecule has 3 aliphatic rings. The van der Waals surface area contributed by atoms with Crippen LogP contribution in [0.2, 0.25) is 0 Å². The molecule has 6 nitrogen and oxygen atoms in total. The zero-order chi connectivity index (χ0) is 21.6. The monoisotopic (exact) mass is 466 g/mol. The number of hydrogen-bond donors (Lipinski definition) is 1. The van der Waals surface area contributed by atoms with Crippen LogP contribution in [0.3, 0.4) is 0 Å². The summed E-state index contributed by atoms with van der Waals surface area (Å²) in [5.41, 5.74) is 1.11. The van der Waals surface area contributed by atoms with Crippen LogP contribution < -0.4 is 14.8 Å². The molecule has 2 unspecified atom stereocenters. The summed E-state index contributed by atoms with van der Waals surface area (Å²) in [4.78, 5) is 15.0. The second-order valence-electron chi connectivity index (χ2n) is 8.12. The van der Waals surface area contributed by atoms with Gasteiger partial charge in [0.25, 0.3) is 0 Å². The van der Waals surface area contributed by atoms with Crippen molar-refractivity contribution in [2.45, 2.75) is 37.8 Å². The largest absolute Gasteiger partial charge is 0.486 e. The molecule has 1 aromatic rings.